The zero-order valence-corrected chi connectivity index (χ0v) is 19.3. The number of hydrogen-bond donors (Lipinski definition) is 1. The molecule has 0 saturated carbocycles. The van der Waals surface area contributed by atoms with Crippen LogP contribution in [-0.2, 0) is 25.8 Å². The maximum atomic E-state index is 13.0. The predicted molar refractivity (Wildman–Crippen MR) is 127 cm³/mol. The van der Waals surface area contributed by atoms with Crippen LogP contribution in [0.2, 0.25) is 0 Å². The SMILES string of the molecule is O=C(NCCc1nc2c(s1)CCCC2)c1nn(Cc2ccc(OC(F)F)cc2)c2ccccc12. The maximum absolute atomic E-state index is 13.0. The van der Waals surface area contributed by atoms with Crippen LogP contribution in [0.5, 0.6) is 5.75 Å². The Kier molecular flexibility index (Phi) is 6.53. The first kappa shape index (κ1) is 22.5. The molecule has 0 fully saturated rings. The first-order valence-electron chi connectivity index (χ1n) is 11.3. The summed E-state index contributed by atoms with van der Waals surface area (Å²) in [5.74, 6) is -0.123. The lowest BCUT2D eigenvalue weighted by molar-refractivity contribution is -0.0498. The Balaban J connectivity index is 1.27. The quantitative estimate of drug-likeness (QED) is 0.384. The maximum Gasteiger partial charge on any atom is 0.387 e. The van der Waals surface area contributed by atoms with Gasteiger partial charge in [0, 0.05) is 23.2 Å². The van der Waals surface area contributed by atoms with E-state index >= 15 is 0 Å². The van der Waals surface area contributed by atoms with Gasteiger partial charge in [0.2, 0.25) is 0 Å². The molecule has 2 heterocycles. The normalized spacial score (nSPS) is 13.3. The Morgan fingerprint density at radius 2 is 1.91 bits per heavy atom. The summed E-state index contributed by atoms with van der Waals surface area (Å²) in [5, 5.41) is 9.40. The molecule has 9 heteroatoms. The molecule has 1 amide bonds. The summed E-state index contributed by atoms with van der Waals surface area (Å²) in [5.41, 5.74) is 3.28. The minimum Gasteiger partial charge on any atom is -0.435 e. The van der Waals surface area contributed by atoms with Gasteiger partial charge in [-0.3, -0.25) is 9.48 Å². The van der Waals surface area contributed by atoms with Crippen LogP contribution in [-0.4, -0.2) is 33.8 Å². The lowest BCUT2D eigenvalue weighted by atomic mass is 10.0. The number of thiazole rings is 1. The molecule has 0 saturated heterocycles. The second-order valence-electron chi connectivity index (χ2n) is 8.24. The molecule has 0 bridgehead atoms. The van der Waals surface area contributed by atoms with Crippen molar-refractivity contribution in [2.24, 2.45) is 0 Å². The lowest BCUT2D eigenvalue weighted by Gasteiger charge is -2.07. The average Bonchev–Trinajstić information content (AvgIpc) is 3.41. The first-order valence-corrected chi connectivity index (χ1v) is 12.1. The second kappa shape index (κ2) is 9.89. The van der Waals surface area contributed by atoms with Crippen LogP contribution < -0.4 is 10.1 Å². The summed E-state index contributed by atoms with van der Waals surface area (Å²) in [6.45, 7) is -1.96. The zero-order valence-electron chi connectivity index (χ0n) is 18.5. The highest BCUT2D eigenvalue weighted by Gasteiger charge is 2.18. The van der Waals surface area contributed by atoms with Crippen LogP contribution in [0.25, 0.3) is 10.9 Å². The van der Waals surface area contributed by atoms with Gasteiger partial charge in [0.25, 0.3) is 5.91 Å². The average molecular weight is 483 g/mol. The first-order chi connectivity index (χ1) is 16.6. The molecule has 176 valence electrons. The summed E-state index contributed by atoms with van der Waals surface area (Å²) in [7, 11) is 0. The van der Waals surface area contributed by atoms with E-state index in [0.717, 1.165) is 34.3 Å². The number of para-hydroxylation sites is 1. The van der Waals surface area contributed by atoms with Gasteiger partial charge in [0.1, 0.15) is 5.75 Å². The summed E-state index contributed by atoms with van der Waals surface area (Å²) >= 11 is 1.76. The molecule has 0 unspecified atom stereocenters. The highest BCUT2D eigenvalue weighted by molar-refractivity contribution is 7.11. The van der Waals surface area contributed by atoms with E-state index < -0.39 is 6.61 Å². The molecule has 5 rings (SSSR count). The number of halogens is 2. The Morgan fingerprint density at radius 1 is 1.12 bits per heavy atom. The van der Waals surface area contributed by atoms with E-state index in [0.29, 0.717) is 25.2 Å². The van der Waals surface area contributed by atoms with Crippen molar-refractivity contribution in [3.8, 4) is 5.75 Å². The number of hydrogen-bond acceptors (Lipinski definition) is 5. The zero-order chi connectivity index (χ0) is 23.5. The molecule has 0 atom stereocenters. The van der Waals surface area contributed by atoms with Crippen LogP contribution in [0, 0.1) is 0 Å². The number of fused-ring (bicyclic) bond motifs is 2. The van der Waals surface area contributed by atoms with Crippen molar-refractivity contribution in [2.75, 3.05) is 6.54 Å². The number of nitrogens with zero attached hydrogens (tertiary/aromatic N) is 3. The van der Waals surface area contributed by atoms with E-state index in [4.69, 9.17) is 4.98 Å². The van der Waals surface area contributed by atoms with Crippen LogP contribution in [0.1, 0.15) is 44.5 Å². The lowest BCUT2D eigenvalue weighted by Crippen LogP contribution is -2.26. The van der Waals surface area contributed by atoms with Crippen LogP contribution >= 0.6 is 11.3 Å². The van der Waals surface area contributed by atoms with Gasteiger partial charge < -0.3 is 10.1 Å². The van der Waals surface area contributed by atoms with E-state index in [2.05, 4.69) is 15.2 Å². The van der Waals surface area contributed by atoms with Gasteiger partial charge in [-0.1, -0.05) is 30.3 Å². The predicted octanol–water partition coefficient (Wildman–Crippen LogP) is 4.99. The third-order valence-corrected chi connectivity index (χ3v) is 7.09. The summed E-state index contributed by atoms with van der Waals surface area (Å²) < 4.78 is 30.9. The number of nitrogens with one attached hydrogen (secondary N) is 1. The Morgan fingerprint density at radius 3 is 2.71 bits per heavy atom. The highest BCUT2D eigenvalue weighted by atomic mass is 32.1. The molecule has 0 radical (unpaired) electrons. The van der Waals surface area contributed by atoms with Crippen molar-refractivity contribution < 1.29 is 18.3 Å². The van der Waals surface area contributed by atoms with Gasteiger partial charge >= 0.3 is 6.61 Å². The minimum absolute atomic E-state index is 0.102. The number of carbonyl (C=O) groups is 1. The van der Waals surface area contributed by atoms with E-state index in [1.54, 1.807) is 28.2 Å². The molecule has 0 spiro atoms. The molecule has 4 aromatic rings. The number of amides is 1. The van der Waals surface area contributed by atoms with Crippen molar-refractivity contribution in [1.82, 2.24) is 20.1 Å². The highest BCUT2D eigenvalue weighted by Crippen LogP contribution is 2.27. The molecule has 1 aliphatic carbocycles. The van der Waals surface area contributed by atoms with E-state index in [1.165, 1.54) is 35.5 Å². The smallest absolute Gasteiger partial charge is 0.387 e. The van der Waals surface area contributed by atoms with Gasteiger partial charge in [-0.15, -0.1) is 11.3 Å². The van der Waals surface area contributed by atoms with Gasteiger partial charge in [0.15, 0.2) is 5.69 Å². The second-order valence-corrected chi connectivity index (χ2v) is 9.40. The number of aromatic nitrogens is 3. The molecular formula is C25H24F2N4O2S. The summed E-state index contributed by atoms with van der Waals surface area (Å²) in [4.78, 5) is 19.1. The van der Waals surface area contributed by atoms with Gasteiger partial charge in [-0.05, 0) is 49.4 Å². The fourth-order valence-corrected chi connectivity index (χ4v) is 5.40. The number of alkyl halides is 2. The number of aryl methyl sites for hydroxylation is 2. The fourth-order valence-electron chi connectivity index (χ4n) is 4.24. The molecule has 6 nitrogen and oxygen atoms in total. The third-order valence-electron chi connectivity index (χ3n) is 5.87. The molecule has 0 aliphatic heterocycles. The Bertz CT molecular complexity index is 1280. The van der Waals surface area contributed by atoms with Crippen molar-refractivity contribution >= 4 is 28.1 Å². The van der Waals surface area contributed by atoms with Crippen LogP contribution in [0.15, 0.2) is 48.5 Å². The van der Waals surface area contributed by atoms with Crippen molar-refractivity contribution in [3.05, 3.63) is 75.4 Å². The number of carbonyl (C=O) groups excluding carboxylic acids is 1. The van der Waals surface area contributed by atoms with Crippen LogP contribution in [0.3, 0.4) is 0 Å². The number of benzene rings is 2. The Labute approximate surface area is 199 Å². The standard InChI is InChI=1S/C25H24F2N4O2S/c26-25(27)33-17-11-9-16(10-12-17)15-31-20-7-3-1-5-18(20)23(30-31)24(32)28-14-13-22-29-19-6-2-4-8-21(19)34-22/h1,3,5,7,9-12,25H,2,4,6,8,13-15H2,(H,28,32). The topological polar surface area (TPSA) is 69.0 Å². The monoisotopic (exact) mass is 482 g/mol. The molecular weight excluding hydrogens is 458 g/mol. The van der Waals surface area contributed by atoms with E-state index in [9.17, 15) is 13.6 Å². The Hall–Kier alpha value is -3.33. The minimum atomic E-state index is -2.86. The van der Waals surface area contributed by atoms with Gasteiger partial charge in [0.05, 0.1) is 22.8 Å². The van der Waals surface area contributed by atoms with Crippen molar-refractivity contribution in [2.45, 2.75) is 45.3 Å². The molecule has 1 N–H and O–H groups in total. The largest absolute Gasteiger partial charge is 0.435 e. The molecule has 2 aromatic heterocycles. The third kappa shape index (κ3) is 4.94. The number of rotatable bonds is 8. The van der Waals surface area contributed by atoms with Crippen molar-refractivity contribution in [3.63, 3.8) is 0 Å². The summed E-state index contributed by atoms with van der Waals surface area (Å²) in [6.07, 6.45) is 5.31. The van der Waals surface area contributed by atoms with E-state index in [-0.39, 0.29) is 11.7 Å². The molecule has 34 heavy (non-hydrogen) atoms. The van der Waals surface area contributed by atoms with Gasteiger partial charge in [-0.25, -0.2) is 4.98 Å². The van der Waals surface area contributed by atoms with Crippen LogP contribution in [0.4, 0.5) is 8.78 Å². The van der Waals surface area contributed by atoms with Gasteiger partial charge in [-0.2, -0.15) is 13.9 Å². The van der Waals surface area contributed by atoms with E-state index in [1.807, 2.05) is 24.3 Å². The van der Waals surface area contributed by atoms with Crippen molar-refractivity contribution in [1.29, 1.82) is 0 Å². The molecule has 2 aromatic carbocycles. The summed E-state index contributed by atoms with van der Waals surface area (Å²) in [6, 6.07) is 14.0. The molecule has 1 aliphatic rings. The fraction of sp³-hybridized carbons (Fsp3) is 0.320. The number of ether oxygens (including phenoxy) is 1.